The monoisotopic (exact) mass is 468 g/mol. The number of ether oxygens (including phenoxy) is 3. The van der Waals surface area contributed by atoms with Crippen LogP contribution in [0.15, 0.2) is 84.9 Å². The fourth-order valence-electron chi connectivity index (χ4n) is 4.17. The van der Waals surface area contributed by atoms with Crippen molar-refractivity contribution in [2.75, 3.05) is 25.7 Å². The maximum Gasteiger partial charge on any atom is 0.127 e. The van der Waals surface area contributed by atoms with Crippen molar-refractivity contribution in [3.63, 3.8) is 0 Å². The second-order valence-corrected chi connectivity index (χ2v) is 8.72. The van der Waals surface area contributed by atoms with Crippen LogP contribution in [0, 0.1) is 13.8 Å². The van der Waals surface area contributed by atoms with Gasteiger partial charge in [0.2, 0.25) is 0 Å². The summed E-state index contributed by atoms with van der Waals surface area (Å²) in [7, 11) is 3.29. The quantitative estimate of drug-likeness (QED) is 0.293. The van der Waals surface area contributed by atoms with Gasteiger partial charge in [-0.25, -0.2) is 0 Å². The number of nitrogen functional groups attached to an aromatic ring is 2. The van der Waals surface area contributed by atoms with Gasteiger partial charge in [-0.3, -0.25) is 0 Å². The maximum absolute atomic E-state index is 7.00. The molecule has 4 rings (SSSR count). The molecule has 2 atom stereocenters. The first-order chi connectivity index (χ1) is 16.9. The summed E-state index contributed by atoms with van der Waals surface area (Å²) in [6.45, 7) is 4.13. The van der Waals surface area contributed by atoms with Crippen LogP contribution < -0.4 is 20.9 Å². The minimum absolute atomic E-state index is 0.431. The first-order valence-electron chi connectivity index (χ1n) is 11.5. The van der Waals surface area contributed by atoms with Crippen LogP contribution in [0.1, 0.15) is 45.6 Å². The molecule has 0 amide bonds. The summed E-state index contributed by atoms with van der Waals surface area (Å²) in [6.07, 6.45) is -0.862. The summed E-state index contributed by atoms with van der Waals surface area (Å²) in [5.74, 6) is 1.34. The van der Waals surface area contributed by atoms with Gasteiger partial charge >= 0.3 is 0 Å². The number of nitrogens with two attached hydrogens (primary N) is 2. The fourth-order valence-corrected chi connectivity index (χ4v) is 4.17. The number of hydrogen-bond donors (Lipinski definition) is 2. The molecule has 5 heteroatoms. The molecule has 35 heavy (non-hydrogen) atoms. The van der Waals surface area contributed by atoms with E-state index in [2.05, 4.69) is 62.4 Å². The molecule has 4 N–H and O–H groups in total. The molecule has 0 spiro atoms. The molecule has 0 aliphatic rings. The highest BCUT2D eigenvalue weighted by Crippen LogP contribution is 2.42. The average Bonchev–Trinajstić information content (AvgIpc) is 2.86. The molecule has 0 aromatic heterocycles. The summed E-state index contributed by atoms with van der Waals surface area (Å²) in [5, 5.41) is 0. The Balaban J connectivity index is 1.89. The normalized spacial score (nSPS) is 12.7. The number of hydrogen-bond acceptors (Lipinski definition) is 5. The minimum atomic E-state index is -0.431. The van der Waals surface area contributed by atoms with Crippen molar-refractivity contribution in [3.8, 4) is 11.5 Å². The molecule has 4 aromatic carbocycles. The van der Waals surface area contributed by atoms with Crippen molar-refractivity contribution in [1.29, 1.82) is 0 Å². The van der Waals surface area contributed by atoms with E-state index in [0.717, 1.165) is 22.3 Å². The summed E-state index contributed by atoms with van der Waals surface area (Å²) >= 11 is 0. The molecule has 0 bridgehead atoms. The van der Waals surface area contributed by atoms with Gasteiger partial charge in [0.1, 0.15) is 23.7 Å². The van der Waals surface area contributed by atoms with Gasteiger partial charge in [0.25, 0.3) is 0 Å². The van der Waals surface area contributed by atoms with E-state index < -0.39 is 12.2 Å². The Bertz CT molecular complexity index is 1180. The number of methoxy groups -OCH3 is 2. The lowest BCUT2D eigenvalue weighted by molar-refractivity contribution is 0.0283. The van der Waals surface area contributed by atoms with Gasteiger partial charge in [-0.1, -0.05) is 71.8 Å². The zero-order valence-electron chi connectivity index (χ0n) is 20.6. The molecule has 2 unspecified atom stereocenters. The third-order valence-corrected chi connectivity index (χ3v) is 6.11. The van der Waals surface area contributed by atoms with Crippen LogP contribution in [-0.4, -0.2) is 14.2 Å². The van der Waals surface area contributed by atoms with Crippen LogP contribution in [0.25, 0.3) is 0 Å². The van der Waals surface area contributed by atoms with Gasteiger partial charge in [0.05, 0.1) is 14.2 Å². The van der Waals surface area contributed by atoms with E-state index >= 15 is 0 Å². The molecule has 0 aliphatic carbocycles. The van der Waals surface area contributed by atoms with Crippen molar-refractivity contribution in [2.45, 2.75) is 26.1 Å². The predicted molar refractivity (Wildman–Crippen MR) is 142 cm³/mol. The van der Waals surface area contributed by atoms with E-state index in [1.807, 2.05) is 36.4 Å². The second-order valence-electron chi connectivity index (χ2n) is 8.72. The second kappa shape index (κ2) is 10.5. The molecule has 0 saturated carbocycles. The number of aryl methyl sites for hydroxylation is 2. The van der Waals surface area contributed by atoms with E-state index in [0.29, 0.717) is 22.9 Å². The molecule has 0 fully saturated rings. The number of anilines is 2. The average molecular weight is 469 g/mol. The van der Waals surface area contributed by atoms with Gasteiger partial charge in [0, 0.05) is 34.6 Å². The maximum atomic E-state index is 7.00. The lowest BCUT2D eigenvalue weighted by atomic mass is 9.95. The van der Waals surface area contributed by atoms with Crippen molar-refractivity contribution >= 4 is 11.4 Å². The molecule has 180 valence electrons. The van der Waals surface area contributed by atoms with Crippen LogP contribution in [-0.2, 0) is 4.74 Å². The van der Waals surface area contributed by atoms with Gasteiger partial charge < -0.3 is 25.7 Å². The van der Waals surface area contributed by atoms with Crippen molar-refractivity contribution < 1.29 is 14.2 Å². The van der Waals surface area contributed by atoms with Crippen molar-refractivity contribution in [3.05, 3.63) is 118 Å². The van der Waals surface area contributed by atoms with E-state index in [1.54, 1.807) is 14.2 Å². The Hall–Kier alpha value is -3.96. The van der Waals surface area contributed by atoms with Crippen LogP contribution >= 0.6 is 0 Å². The SMILES string of the molecule is COc1cc(N)ccc1C(OC(c1ccc(C)cc1)c1ccc(N)cc1OC)c1ccc(C)cc1. The smallest absolute Gasteiger partial charge is 0.127 e. The third kappa shape index (κ3) is 5.42. The molecule has 5 nitrogen and oxygen atoms in total. The van der Waals surface area contributed by atoms with Gasteiger partial charge in [-0.2, -0.15) is 0 Å². The summed E-state index contributed by atoms with van der Waals surface area (Å²) < 4.78 is 18.4. The first-order valence-corrected chi connectivity index (χ1v) is 11.5. The highest BCUT2D eigenvalue weighted by atomic mass is 16.5. The zero-order valence-corrected chi connectivity index (χ0v) is 20.6. The molecule has 0 heterocycles. The Labute approximate surface area is 207 Å². The molecular formula is C30H32N2O3. The Kier molecular flexibility index (Phi) is 7.28. The molecule has 4 aromatic rings. The standard InChI is InChI=1S/C30H32N2O3/c1-19-5-9-21(10-6-19)29(25-15-13-23(31)17-27(25)33-3)35-30(22-11-7-20(2)8-12-22)26-16-14-24(32)18-28(26)34-4/h5-18,29-30H,31-32H2,1-4H3. The zero-order chi connectivity index (χ0) is 24.9. The summed E-state index contributed by atoms with van der Waals surface area (Å²) in [5.41, 5.74) is 19.5. The lowest BCUT2D eigenvalue weighted by Crippen LogP contribution is -2.15. The fraction of sp³-hybridized carbons (Fsp3) is 0.200. The van der Waals surface area contributed by atoms with E-state index in [9.17, 15) is 0 Å². The highest BCUT2D eigenvalue weighted by molar-refractivity contribution is 5.53. The largest absolute Gasteiger partial charge is 0.496 e. The van der Waals surface area contributed by atoms with Crippen LogP contribution in [0.4, 0.5) is 11.4 Å². The first kappa shape index (κ1) is 24.2. The molecule has 0 saturated heterocycles. The molecule has 0 aliphatic heterocycles. The van der Waals surface area contributed by atoms with Crippen LogP contribution in [0.5, 0.6) is 11.5 Å². The summed E-state index contributed by atoms with van der Waals surface area (Å²) in [6, 6.07) is 28.0. The van der Waals surface area contributed by atoms with Crippen LogP contribution in [0.2, 0.25) is 0 Å². The number of rotatable bonds is 8. The Morgan fingerprint density at radius 1 is 0.543 bits per heavy atom. The highest BCUT2D eigenvalue weighted by Gasteiger charge is 2.27. The lowest BCUT2D eigenvalue weighted by Gasteiger charge is -2.29. The van der Waals surface area contributed by atoms with E-state index in [-0.39, 0.29) is 0 Å². The van der Waals surface area contributed by atoms with Crippen LogP contribution in [0.3, 0.4) is 0 Å². The van der Waals surface area contributed by atoms with Crippen molar-refractivity contribution in [1.82, 2.24) is 0 Å². The Morgan fingerprint density at radius 3 is 1.26 bits per heavy atom. The number of benzene rings is 4. The molecule has 0 radical (unpaired) electrons. The minimum Gasteiger partial charge on any atom is -0.496 e. The Morgan fingerprint density at radius 2 is 0.914 bits per heavy atom. The molecular weight excluding hydrogens is 436 g/mol. The summed E-state index contributed by atoms with van der Waals surface area (Å²) in [4.78, 5) is 0. The van der Waals surface area contributed by atoms with E-state index in [1.165, 1.54) is 11.1 Å². The van der Waals surface area contributed by atoms with Gasteiger partial charge in [-0.15, -0.1) is 0 Å². The third-order valence-electron chi connectivity index (χ3n) is 6.11. The van der Waals surface area contributed by atoms with E-state index in [4.69, 9.17) is 25.7 Å². The van der Waals surface area contributed by atoms with Gasteiger partial charge in [-0.05, 0) is 37.1 Å². The van der Waals surface area contributed by atoms with Gasteiger partial charge in [0.15, 0.2) is 0 Å². The van der Waals surface area contributed by atoms with Crippen molar-refractivity contribution in [2.24, 2.45) is 0 Å². The predicted octanol–water partition coefficient (Wildman–Crippen LogP) is 6.38. The topological polar surface area (TPSA) is 79.7 Å².